The maximum atomic E-state index is 13.3. The van der Waals surface area contributed by atoms with E-state index in [0.717, 1.165) is 16.2 Å². The highest BCUT2D eigenvalue weighted by Gasteiger charge is 2.75. The van der Waals surface area contributed by atoms with E-state index in [1.54, 1.807) is 4.90 Å². The number of benzene rings is 1. The van der Waals surface area contributed by atoms with Gasteiger partial charge in [0, 0.05) is 11.2 Å². The molecule has 178 valence electrons. The maximum absolute atomic E-state index is 13.3. The average molecular weight is 471 g/mol. The van der Waals surface area contributed by atoms with Crippen molar-refractivity contribution in [3.63, 3.8) is 0 Å². The number of hydrogen-bond acceptors (Lipinski definition) is 2. The monoisotopic (exact) mass is 470 g/mol. The molecule has 1 aliphatic heterocycles. The van der Waals surface area contributed by atoms with Gasteiger partial charge in [-0.2, -0.15) is 0 Å². The van der Waals surface area contributed by atoms with Gasteiger partial charge in [0.15, 0.2) is 0 Å². The molecular formula is C27H35ClN2O3. The molecule has 3 atom stereocenters. The molecule has 1 heterocycles. The molecule has 6 heteroatoms. The Morgan fingerprint density at radius 2 is 1.88 bits per heavy atom. The van der Waals surface area contributed by atoms with E-state index in [2.05, 4.69) is 59.0 Å². The van der Waals surface area contributed by atoms with Crippen molar-refractivity contribution >= 4 is 23.6 Å². The van der Waals surface area contributed by atoms with Gasteiger partial charge in [-0.15, -0.1) is 0 Å². The Balaban J connectivity index is 1.44. The van der Waals surface area contributed by atoms with Crippen molar-refractivity contribution in [1.82, 2.24) is 10.2 Å². The zero-order valence-electron chi connectivity index (χ0n) is 20.5. The average Bonchev–Trinajstić information content (AvgIpc) is 3.41. The standard InChI is InChI=1S/C27H35ClN2O3/c1-15(2)20-11-30(27-12-26(13-27,14-27)22(31)32)23(33)29-25(20,6)16-7-8-17(21(28)9-16)18-10-19(18)24(3,4)5/h7-9,11,15,18-19H,10,12-14H2,1-6H3,(H,29,33)(H,31,32)/t18?,19?,25-,26?,27?/m0/s1. The molecule has 4 aliphatic carbocycles. The summed E-state index contributed by atoms with van der Waals surface area (Å²) < 4.78 is 0. The Bertz CT molecular complexity index is 1070. The minimum absolute atomic E-state index is 0.157. The van der Waals surface area contributed by atoms with Gasteiger partial charge in [-0.1, -0.05) is 58.4 Å². The Morgan fingerprint density at radius 1 is 1.24 bits per heavy atom. The SMILES string of the molecule is CC(C)C1=CN(C23CC(C(=O)O)(C2)C3)C(=O)N[C@@]1(C)c1ccc(C2CC2C(C)(C)C)c(Cl)c1. The Kier molecular flexibility index (Phi) is 4.67. The minimum Gasteiger partial charge on any atom is -0.481 e. The second kappa shape index (κ2) is 6.78. The summed E-state index contributed by atoms with van der Waals surface area (Å²) >= 11 is 6.81. The van der Waals surface area contributed by atoms with Crippen LogP contribution in [0, 0.1) is 22.7 Å². The van der Waals surface area contributed by atoms with Gasteiger partial charge in [0.05, 0.1) is 16.5 Å². The molecule has 1 aromatic carbocycles. The summed E-state index contributed by atoms with van der Waals surface area (Å²) in [6, 6.07) is 6.14. The van der Waals surface area contributed by atoms with Gasteiger partial charge in [0.25, 0.3) is 0 Å². The second-order valence-corrected chi connectivity index (χ2v) is 13.0. The van der Waals surface area contributed by atoms with Crippen molar-refractivity contribution in [2.45, 2.75) is 84.2 Å². The lowest BCUT2D eigenvalue weighted by Crippen LogP contribution is -2.78. The summed E-state index contributed by atoms with van der Waals surface area (Å²) in [5, 5.41) is 13.5. The number of hydrogen-bond donors (Lipinski definition) is 2. The first-order valence-corrected chi connectivity index (χ1v) is 12.5. The van der Waals surface area contributed by atoms with Crippen LogP contribution in [0.3, 0.4) is 0 Å². The van der Waals surface area contributed by atoms with Crippen molar-refractivity contribution in [1.29, 1.82) is 0 Å². The molecule has 2 bridgehead atoms. The van der Waals surface area contributed by atoms with Crippen LogP contribution in [0.5, 0.6) is 0 Å². The van der Waals surface area contributed by atoms with E-state index in [-0.39, 0.29) is 22.9 Å². The summed E-state index contributed by atoms with van der Waals surface area (Å²) in [5.41, 5.74) is 1.94. The van der Waals surface area contributed by atoms with Gasteiger partial charge < -0.3 is 10.4 Å². The number of carboxylic acid groups (broad SMARTS) is 1. The number of amides is 2. The van der Waals surface area contributed by atoms with Crippen molar-refractivity contribution in [3.05, 3.63) is 46.1 Å². The van der Waals surface area contributed by atoms with Gasteiger partial charge in [-0.25, -0.2) is 4.79 Å². The van der Waals surface area contributed by atoms with Crippen LogP contribution in [-0.2, 0) is 10.3 Å². The van der Waals surface area contributed by atoms with Crippen LogP contribution in [0.4, 0.5) is 4.79 Å². The highest BCUT2D eigenvalue weighted by Crippen LogP contribution is 2.70. The molecule has 5 aliphatic rings. The lowest BCUT2D eigenvalue weighted by molar-refractivity contribution is -0.215. The molecular weight excluding hydrogens is 436 g/mol. The number of carboxylic acids is 1. The fourth-order valence-electron chi connectivity index (χ4n) is 6.84. The highest BCUT2D eigenvalue weighted by atomic mass is 35.5. The third kappa shape index (κ3) is 3.18. The van der Waals surface area contributed by atoms with Crippen LogP contribution in [0.15, 0.2) is 30.0 Å². The molecule has 33 heavy (non-hydrogen) atoms. The van der Waals surface area contributed by atoms with E-state index in [1.807, 2.05) is 12.3 Å². The Hall–Kier alpha value is -2.01. The van der Waals surface area contributed by atoms with Crippen LogP contribution < -0.4 is 5.32 Å². The zero-order chi connectivity index (χ0) is 24.1. The maximum Gasteiger partial charge on any atom is 0.322 e. The fraction of sp³-hybridized carbons (Fsp3) is 0.630. The molecule has 2 unspecified atom stereocenters. The number of aliphatic carboxylic acids is 1. The summed E-state index contributed by atoms with van der Waals surface area (Å²) in [7, 11) is 0. The normalized spacial score (nSPS) is 37.2. The molecule has 4 saturated carbocycles. The first-order chi connectivity index (χ1) is 15.2. The molecule has 1 aromatic rings. The molecule has 4 fully saturated rings. The summed E-state index contributed by atoms with van der Waals surface area (Å²) in [6.07, 6.45) is 4.78. The quantitative estimate of drug-likeness (QED) is 0.532. The van der Waals surface area contributed by atoms with E-state index in [4.69, 9.17) is 11.6 Å². The first kappa shape index (κ1) is 22.8. The molecule has 0 spiro atoms. The molecule has 0 radical (unpaired) electrons. The van der Waals surface area contributed by atoms with E-state index < -0.39 is 16.9 Å². The van der Waals surface area contributed by atoms with E-state index in [9.17, 15) is 14.7 Å². The number of halogens is 1. The second-order valence-electron chi connectivity index (χ2n) is 12.6. The fourth-order valence-corrected chi connectivity index (χ4v) is 7.16. The summed E-state index contributed by atoms with van der Waals surface area (Å²) in [4.78, 5) is 26.6. The van der Waals surface area contributed by atoms with Crippen molar-refractivity contribution in [2.24, 2.45) is 22.7 Å². The minimum atomic E-state index is -0.737. The lowest BCUT2D eigenvalue weighted by Gasteiger charge is -2.71. The number of carbonyl (C=O) groups is 2. The summed E-state index contributed by atoms with van der Waals surface area (Å²) in [5.74, 6) is 0.610. The molecule has 2 amide bonds. The largest absolute Gasteiger partial charge is 0.481 e. The zero-order valence-corrected chi connectivity index (χ0v) is 21.2. The number of nitrogens with zero attached hydrogens (tertiary/aromatic N) is 1. The smallest absolute Gasteiger partial charge is 0.322 e. The van der Waals surface area contributed by atoms with Gasteiger partial charge >= 0.3 is 12.0 Å². The number of carbonyl (C=O) groups excluding carboxylic acids is 1. The van der Waals surface area contributed by atoms with Crippen LogP contribution in [-0.4, -0.2) is 27.5 Å². The molecule has 6 rings (SSSR count). The Labute approximate surface area is 201 Å². The van der Waals surface area contributed by atoms with E-state index in [1.165, 1.54) is 12.0 Å². The van der Waals surface area contributed by atoms with Crippen LogP contribution in [0.25, 0.3) is 0 Å². The van der Waals surface area contributed by atoms with Crippen LogP contribution in [0.2, 0.25) is 5.02 Å². The van der Waals surface area contributed by atoms with Crippen molar-refractivity contribution < 1.29 is 14.7 Å². The predicted octanol–water partition coefficient (Wildman–Crippen LogP) is 6.28. The van der Waals surface area contributed by atoms with Gasteiger partial charge in [-0.3, -0.25) is 9.69 Å². The first-order valence-electron chi connectivity index (χ1n) is 12.1. The van der Waals surface area contributed by atoms with Crippen molar-refractivity contribution in [2.75, 3.05) is 0 Å². The van der Waals surface area contributed by atoms with Crippen molar-refractivity contribution in [3.8, 4) is 0 Å². The third-order valence-electron chi connectivity index (χ3n) is 8.89. The topological polar surface area (TPSA) is 69.6 Å². The predicted molar refractivity (Wildman–Crippen MR) is 129 cm³/mol. The molecule has 5 nitrogen and oxygen atoms in total. The third-order valence-corrected chi connectivity index (χ3v) is 9.22. The highest BCUT2D eigenvalue weighted by molar-refractivity contribution is 6.31. The number of nitrogens with one attached hydrogen (secondary N) is 1. The lowest BCUT2D eigenvalue weighted by atomic mass is 9.38. The van der Waals surface area contributed by atoms with Crippen LogP contribution in [0.1, 0.15) is 84.3 Å². The summed E-state index contributed by atoms with van der Waals surface area (Å²) in [6.45, 7) is 13.2. The number of urea groups is 1. The van der Waals surface area contributed by atoms with E-state index >= 15 is 0 Å². The molecule has 0 saturated heterocycles. The molecule has 0 aromatic heterocycles. The Morgan fingerprint density at radius 3 is 2.36 bits per heavy atom. The van der Waals surface area contributed by atoms with Gasteiger partial charge in [0.2, 0.25) is 0 Å². The number of rotatable bonds is 5. The van der Waals surface area contributed by atoms with E-state index in [0.29, 0.717) is 31.1 Å². The van der Waals surface area contributed by atoms with Crippen LogP contribution >= 0.6 is 11.6 Å². The van der Waals surface area contributed by atoms with Gasteiger partial charge in [0.1, 0.15) is 0 Å². The molecule has 2 N–H and O–H groups in total. The van der Waals surface area contributed by atoms with Gasteiger partial charge in [-0.05, 0) is 78.5 Å².